The predicted octanol–water partition coefficient (Wildman–Crippen LogP) is 5.86. The number of hydrogen-bond donors (Lipinski definition) is 0. The molecule has 6 heteroatoms. The van der Waals surface area contributed by atoms with Gasteiger partial charge in [-0.1, -0.05) is 36.4 Å². The maximum Gasteiger partial charge on any atom is 0.450 e. The molecule has 0 saturated carbocycles. The molecule has 0 bridgehead atoms. The molecule has 0 N–H and O–H groups in total. The maximum atomic E-state index is 12.4. The van der Waals surface area contributed by atoms with Gasteiger partial charge in [0.05, 0.1) is 6.42 Å². The van der Waals surface area contributed by atoms with Crippen LogP contribution in [0.3, 0.4) is 0 Å². The van der Waals surface area contributed by atoms with Crippen molar-refractivity contribution in [3.05, 3.63) is 90.5 Å². The van der Waals surface area contributed by atoms with Crippen LogP contribution in [-0.4, -0.2) is 17.7 Å². The van der Waals surface area contributed by atoms with Gasteiger partial charge in [-0.15, -0.1) is 0 Å². The number of para-hydroxylation sites is 2. The van der Waals surface area contributed by atoms with E-state index in [1.165, 1.54) is 12.1 Å². The van der Waals surface area contributed by atoms with Crippen LogP contribution >= 0.6 is 0 Å². The van der Waals surface area contributed by atoms with E-state index in [4.69, 9.17) is 0 Å². The molecule has 3 rings (SSSR count). The van der Waals surface area contributed by atoms with Gasteiger partial charge in [0.25, 0.3) is 0 Å². The van der Waals surface area contributed by atoms with Gasteiger partial charge in [0.15, 0.2) is 5.78 Å². The highest BCUT2D eigenvalue weighted by Gasteiger charge is 2.39. The molecule has 0 fully saturated rings. The van der Waals surface area contributed by atoms with Crippen LogP contribution in [0.15, 0.2) is 84.9 Å². The van der Waals surface area contributed by atoms with Crippen LogP contribution in [0.25, 0.3) is 0 Å². The third-order valence-electron chi connectivity index (χ3n) is 4.11. The number of carbonyl (C=O) groups excluding carboxylic acids is 2. The number of rotatable bonds is 6. The van der Waals surface area contributed by atoms with Gasteiger partial charge in [-0.05, 0) is 48.5 Å². The molecule has 3 aromatic rings. The Morgan fingerprint density at radius 1 is 0.679 bits per heavy atom. The number of alkyl halides is 3. The van der Waals surface area contributed by atoms with Crippen LogP contribution in [-0.2, 0) is 4.79 Å². The van der Waals surface area contributed by atoms with Crippen molar-refractivity contribution in [2.45, 2.75) is 12.6 Å². The summed E-state index contributed by atoms with van der Waals surface area (Å²) in [6.45, 7) is 0. The van der Waals surface area contributed by atoms with E-state index in [1.54, 1.807) is 12.1 Å². The highest BCUT2D eigenvalue weighted by molar-refractivity contribution is 6.09. The van der Waals surface area contributed by atoms with Gasteiger partial charge in [-0.3, -0.25) is 9.59 Å². The minimum atomic E-state index is -5.01. The van der Waals surface area contributed by atoms with Crippen LogP contribution in [0.5, 0.6) is 0 Å². The van der Waals surface area contributed by atoms with E-state index in [1.807, 2.05) is 65.6 Å². The number of ketones is 2. The number of halogens is 3. The summed E-state index contributed by atoms with van der Waals surface area (Å²) in [7, 11) is 0. The van der Waals surface area contributed by atoms with E-state index < -0.39 is 24.2 Å². The molecule has 142 valence electrons. The summed E-state index contributed by atoms with van der Waals surface area (Å²) in [4.78, 5) is 25.0. The molecule has 0 aliphatic rings. The molecule has 0 aliphatic carbocycles. The largest absolute Gasteiger partial charge is 0.450 e. The average Bonchev–Trinajstić information content (AvgIpc) is 2.69. The minimum absolute atomic E-state index is 0.0578. The average molecular weight is 383 g/mol. The van der Waals surface area contributed by atoms with Crippen LogP contribution in [0.1, 0.15) is 16.8 Å². The quantitative estimate of drug-likeness (QED) is 0.395. The van der Waals surface area contributed by atoms with E-state index in [2.05, 4.69) is 0 Å². The molecule has 0 heterocycles. The summed E-state index contributed by atoms with van der Waals surface area (Å²) < 4.78 is 37.1. The first-order valence-corrected chi connectivity index (χ1v) is 8.50. The maximum absolute atomic E-state index is 12.4. The highest BCUT2D eigenvalue weighted by Crippen LogP contribution is 2.34. The Labute approximate surface area is 160 Å². The zero-order valence-corrected chi connectivity index (χ0v) is 14.7. The van der Waals surface area contributed by atoms with Crippen LogP contribution < -0.4 is 4.90 Å². The Morgan fingerprint density at radius 2 is 1.11 bits per heavy atom. The fourth-order valence-corrected chi connectivity index (χ4v) is 2.75. The summed E-state index contributed by atoms with van der Waals surface area (Å²) in [6.07, 6.45) is -6.20. The van der Waals surface area contributed by atoms with Gasteiger partial charge < -0.3 is 4.90 Å². The molecule has 0 atom stereocenters. The molecule has 0 amide bonds. The molecule has 0 saturated heterocycles. The number of anilines is 3. The van der Waals surface area contributed by atoms with E-state index in [0.717, 1.165) is 17.1 Å². The second-order valence-corrected chi connectivity index (χ2v) is 6.07. The third-order valence-corrected chi connectivity index (χ3v) is 4.11. The van der Waals surface area contributed by atoms with Gasteiger partial charge in [-0.25, -0.2) is 0 Å². The Morgan fingerprint density at radius 3 is 1.54 bits per heavy atom. The molecule has 0 radical (unpaired) electrons. The van der Waals surface area contributed by atoms with Crippen molar-refractivity contribution < 1.29 is 22.8 Å². The topological polar surface area (TPSA) is 37.4 Å². The summed E-state index contributed by atoms with van der Waals surface area (Å²) >= 11 is 0. The lowest BCUT2D eigenvalue weighted by atomic mass is 10.0. The molecule has 0 spiro atoms. The Kier molecular flexibility index (Phi) is 5.59. The minimum Gasteiger partial charge on any atom is -0.311 e. The molecular formula is C22H16F3NO2. The smallest absolute Gasteiger partial charge is 0.311 e. The van der Waals surface area contributed by atoms with E-state index in [9.17, 15) is 22.8 Å². The Hall–Kier alpha value is -3.41. The number of Topliss-reactive ketones (excluding diaryl/α,β-unsaturated/α-hetero) is 2. The normalized spacial score (nSPS) is 11.1. The van der Waals surface area contributed by atoms with E-state index in [0.29, 0.717) is 0 Å². The Bertz CT molecular complexity index is 913. The molecule has 0 aromatic heterocycles. The zero-order chi connectivity index (χ0) is 20.1. The van der Waals surface area contributed by atoms with E-state index in [-0.39, 0.29) is 5.56 Å². The monoisotopic (exact) mass is 383 g/mol. The van der Waals surface area contributed by atoms with Crippen molar-refractivity contribution in [1.82, 2.24) is 0 Å². The first-order chi connectivity index (χ1) is 13.4. The van der Waals surface area contributed by atoms with Gasteiger partial charge in [0.2, 0.25) is 5.78 Å². The summed E-state index contributed by atoms with van der Waals surface area (Å²) in [5.74, 6) is -2.91. The fourth-order valence-electron chi connectivity index (χ4n) is 2.75. The van der Waals surface area contributed by atoms with Crippen molar-refractivity contribution in [2.24, 2.45) is 0 Å². The first-order valence-electron chi connectivity index (χ1n) is 8.50. The first kappa shape index (κ1) is 19.4. The Balaban J connectivity index is 1.89. The standard InChI is InChI=1S/C22H16F3NO2/c23-22(24,25)21(28)15-20(27)16-11-13-19(14-12-16)26(17-7-3-1-4-8-17)18-9-5-2-6-10-18/h1-14H,15H2. The lowest BCUT2D eigenvalue weighted by Crippen LogP contribution is -2.25. The SMILES string of the molecule is O=C(CC(=O)C(F)(F)F)c1ccc(N(c2ccccc2)c2ccccc2)cc1. The third kappa shape index (κ3) is 4.46. The van der Waals surface area contributed by atoms with Crippen LogP contribution in [0, 0.1) is 0 Å². The van der Waals surface area contributed by atoms with Crippen LogP contribution in [0.2, 0.25) is 0 Å². The van der Waals surface area contributed by atoms with Crippen LogP contribution in [0.4, 0.5) is 30.2 Å². The second kappa shape index (κ2) is 8.08. The highest BCUT2D eigenvalue weighted by atomic mass is 19.4. The fraction of sp³-hybridized carbons (Fsp3) is 0.0909. The summed E-state index contributed by atoms with van der Waals surface area (Å²) in [5.41, 5.74) is 2.57. The van der Waals surface area contributed by atoms with Crippen molar-refractivity contribution in [1.29, 1.82) is 0 Å². The number of hydrogen-bond acceptors (Lipinski definition) is 3. The van der Waals surface area contributed by atoms with Crippen molar-refractivity contribution in [3.63, 3.8) is 0 Å². The zero-order valence-electron chi connectivity index (χ0n) is 14.7. The molecule has 28 heavy (non-hydrogen) atoms. The number of carbonyl (C=O) groups is 2. The molecule has 0 unspecified atom stereocenters. The molecule has 3 nitrogen and oxygen atoms in total. The van der Waals surface area contributed by atoms with Crippen molar-refractivity contribution >= 4 is 28.6 Å². The summed E-state index contributed by atoms with van der Waals surface area (Å²) in [5, 5.41) is 0. The summed E-state index contributed by atoms with van der Waals surface area (Å²) in [6, 6.07) is 25.2. The van der Waals surface area contributed by atoms with Crippen molar-refractivity contribution in [3.8, 4) is 0 Å². The second-order valence-electron chi connectivity index (χ2n) is 6.07. The van der Waals surface area contributed by atoms with Crippen molar-refractivity contribution in [2.75, 3.05) is 4.90 Å². The van der Waals surface area contributed by atoms with Gasteiger partial charge >= 0.3 is 6.18 Å². The predicted molar refractivity (Wildman–Crippen MR) is 101 cm³/mol. The number of nitrogens with zero attached hydrogens (tertiary/aromatic N) is 1. The number of benzene rings is 3. The van der Waals surface area contributed by atoms with Gasteiger partial charge in [0, 0.05) is 22.6 Å². The lowest BCUT2D eigenvalue weighted by molar-refractivity contribution is -0.170. The lowest BCUT2D eigenvalue weighted by Gasteiger charge is -2.25. The molecular weight excluding hydrogens is 367 g/mol. The van der Waals surface area contributed by atoms with Gasteiger partial charge in [0.1, 0.15) is 0 Å². The molecule has 0 aliphatic heterocycles. The molecule has 3 aromatic carbocycles. The van der Waals surface area contributed by atoms with E-state index >= 15 is 0 Å². The van der Waals surface area contributed by atoms with Gasteiger partial charge in [-0.2, -0.15) is 13.2 Å².